The molecule has 2 bridgehead atoms. The van der Waals surface area contributed by atoms with E-state index < -0.39 is 12.0 Å². The zero-order chi connectivity index (χ0) is 13.2. The van der Waals surface area contributed by atoms with E-state index in [9.17, 15) is 9.90 Å². The first-order valence-electron chi connectivity index (χ1n) is 7.26. The van der Waals surface area contributed by atoms with Crippen molar-refractivity contribution >= 4 is 5.97 Å². The van der Waals surface area contributed by atoms with Crippen LogP contribution in [0.25, 0.3) is 0 Å². The number of aliphatic carboxylic acids is 1. The molecule has 2 aliphatic rings. The molecule has 3 nitrogen and oxygen atoms in total. The van der Waals surface area contributed by atoms with Gasteiger partial charge < -0.3 is 5.11 Å². The topological polar surface area (TPSA) is 40.5 Å². The van der Waals surface area contributed by atoms with Gasteiger partial charge in [-0.1, -0.05) is 36.8 Å². The zero-order valence-electron chi connectivity index (χ0n) is 11.2. The van der Waals surface area contributed by atoms with Crippen LogP contribution >= 0.6 is 0 Å². The van der Waals surface area contributed by atoms with Crippen molar-refractivity contribution < 1.29 is 9.90 Å². The van der Waals surface area contributed by atoms with E-state index in [1.165, 1.54) is 25.7 Å². The Labute approximate surface area is 114 Å². The van der Waals surface area contributed by atoms with Crippen molar-refractivity contribution in [2.75, 3.05) is 13.1 Å². The molecule has 0 spiro atoms. The molecule has 2 fully saturated rings. The van der Waals surface area contributed by atoms with Gasteiger partial charge in [-0.25, -0.2) is 0 Å². The minimum atomic E-state index is -0.717. The van der Waals surface area contributed by atoms with Crippen LogP contribution in [-0.4, -0.2) is 29.1 Å². The molecule has 1 saturated carbocycles. The van der Waals surface area contributed by atoms with Gasteiger partial charge in [-0.05, 0) is 36.7 Å². The monoisotopic (exact) mass is 259 g/mol. The molecule has 1 heterocycles. The molecule has 3 atom stereocenters. The summed E-state index contributed by atoms with van der Waals surface area (Å²) in [7, 11) is 0. The molecule has 19 heavy (non-hydrogen) atoms. The third kappa shape index (κ3) is 2.66. The largest absolute Gasteiger partial charge is 0.480 e. The normalized spacial score (nSPS) is 28.8. The molecule has 1 aromatic carbocycles. The third-order valence-electron chi connectivity index (χ3n) is 4.59. The van der Waals surface area contributed by atoms with Gasteiger partial charge in [0.2, 0.25) is 0 Å². The second-order valence-electron chi connectivity index (χ2n) is 6.00. The maximum atomic E-state index is 11.7. The van der Waals surface area contributed by atoms with Gasteiger partial charge in [0.05, 0.1) is 0 Å². The predicted molar refractivity (Wildman–Crippen MR) is 73.8 cm³/mol. The van der Waals surface area contributed by atoms with Gasteiger partial charge >= 0.3 is 5.97 Å². The van der Waals surface area contributed by atoms with Crippen molar-refractivity contribution in [1.29, 1.82) is 0 Å². The molecule has 1 N–H and O–H groups in total. The minimum absolute atomic E-state index is 0.468. The van der Waals surface area contributed by atoms with E-state index in [0.29, 0.717) is 11.8 Å². The second kappa shape index (κ2) is 5.33. The third-order valence-corrected chi connectivity index (χ3v) is 4.59. The lowest BCUT2D eigenvalue weighted by Crippen LogP contribution is -2.46. The van der Waals surface area contributed by atoms with Crippen LogP contribution in [0, 0.1) is 11.8 Å². The van der Waals surface area contributed by atoms with Gasteiger partial charge in [0.25, 0.3) is 0 Å². The van der Waals surface area contributed by atoms with Gasteiger partial charge in [0.15, 0.2) is 0 Å². The molecule has 3 heteroatoms. The van der Waals surface area contributed by atoms with Gasteiger partial charge in [0, 0.05) is 13.1 Å². The van der Waals surface area contributed by atoms with E-state index in [0.717, 1.165) is 18.7 Å². The number of benzene rings is 1. The standard InChI is InChI=1S/C16H21NO2/c18-16(19)15(14-7-2-1-3-8-14)17-10-12-5-4-6-13(9-12)11-17/h1-3,7-8,12-13,15H,4-6,9-11H2,(H,18,19). The fourth-order valence-electron chi connectivity index (χ4n) is 3.83. The predicted octanol–water partition coefficient (Wildman–Crippen LogP) is 2.93. The van der Waals surface area contributed by atoms with Crippen LogP contribution in [0.2, 0.25) is 0 Å². The summed E-state index contributed by atoms with van der Waals surface area (Å²) in [5.74, 6) is 0.697. The first kappa shape index (κ1) is 12.7. The summed E-state index contributed by atoms with van der Waals surface area (Å²) in [4.78, 5) is 13.9. The number of nitrogens with zero attached hydrogens (tertiary/aromatic N) is 1. The number of likely N-dealkylation sites (tertiary alicyclic amines) is 1. The van der Waals surface area contributed by atoms with Crippen molar-refractivity contribution in [3.8, 4) is 0 Å². The highest BCUT2D eigenvalue weighted by molar-refractivity contribution is 5.75. The highest BCUT2D eigenvalue weighted by atomic mass is 16.4. The lowest BCUT2D eigenvalue weighted by atomic mass is 9.77. The number of hydrogen-bond acceptors (Lipinski definition) is 2. The molecule has 1 saturated heterocycles. The lowest BCUT2D eigenvalue weighted by Gasteiger charge is -2.43. The first-order valence-corrected chi connectivity index (χ1v) is 7.26. The minimum Gasteiger partial charge on any atom is -0.480 e. The van der Waals surface area contributed by atoms with E-state index in [-0.39, 0.29) is 0 Å². The van der Waals surface area contributed by atoms with Crippen molar-refractivity contribution in [3.05, 3.63) is 35.9 Å². The summed E-state index contributed by atoms with van der Waals surface area (Å²) in [6.07, 6.45) is 5.17. The Morgan fingerprint density at radius 1 is 1.16 bits per heavy atom. The SMILES string of the molecule is O=C(O)C(c1ccccc1)N1CC2CCCC(C2)C1. The van der Waals surface area contributed by atoms with Crippen LogP contribution < -0.4 is 0 Å². The van der Waals surface area contributed by atoms with Crippen molar-refractivity contribution in [3.63, 3.8) is 0 Å². The quantitative estimate of drug-likeness (QED) is 0.907. The van der Waals surface area contributed by atoms with E-state index in [4.69, 9.17) is 0 Å². The van der Waals surface area contributed by atoms with E-state index in [1.807, 2.05) is 30.3 Å². The molecular formula is C16H21NO2. The Balaban J connectivity index is 1.83. The van der Waals surface area contributed by atoms with E-state index in [2.05, 4.69) is 4.90 Å². The molecule has 1 aliphatic heterocycles. The fourth-order valence-corrected chi connectivity index (χ4v) is 3.83. The van der Waals surface area contributed by atoms with Crippen molar-refractivity contribution in [2.45, 2.75) is 31.7 Å². The number of fused-ring (bicyclic) bond motifs is 2. The lowest BCUT2D eigenvalue weighted by molar-refractivity contribution is -0.145. The highest BCUT2D eigenvalue weighted by Gasteiger charge is 2.36. The molecule has 3 rings (SSSR count). The number of piperidine rings is 1. The number of rotatable bonds is 3. The van der Waals surface area contributed by atoms with Gasteiger partial charge in [0.1, 0.15) is 6.04 Å². The van der Waals surface area contributed by atoms with Crippen LogP contribution in [0.3, 0.4) is 0 Å². The molecule has 1 aromatic rings. The van der Waals surface area contributed by atoms with Gasteiger partial charge in [-0.15, -0.1) is 0 Å². The first-order chi connectivity index (χ1) is 9.24. The average molecular weight is 259 g/mol. The molecule has 102 valence electrons. The van der Waals surface area contributed by atoms with Crippen LogP contribution in [0.15, 0.2) is 30.3 Å². The van der Waals surface area contributed by atoms with Crippen molar-refractivity contribution in [1.82, 2.24) is 4.90 Å². The molecule has 0 aromatic heterocycles. The zero-order valence-corrected chi connectivity index (χ0v) is 11.2. The number of carboxylic acid groups (broad SMARTS) is 1. The van der Waals surface area contributed by atoms with Crippen LogP contribution in [-0.2, 0) is 4.79 Å². The Morgan fingerprint density at radius 2 is 1.79 bits per heavy atom. The fraction of sp³-hybridized carbons (Fsp3) is 0.562. The van der Waals surface area contributed by atoms with E-state index in [1.54, 1.807) is 0 Å². The maximum absolute atomic E-state index is 11.7. The Bertz CT molecular complexity index is 433. The summed E-state index contributed by atoms with van der Waals surface area (Å²) in [5.41, 5.74) is 0.912. The smallest absolute Gasteiger partial charge is 0.325 e. The number of hydrogen-bond donors (Lipinski definition) is 1. The Kier molecular flexibility index (Phi) is 3.56. The summed E-state index contributed by atoms with van der Waals surface area (Å²) < 4.78 is 0. The van der Waals surface area contributed by atoms with Crippen LogP contribution in [0.1, 0.15) is 37.3 Å². The van der Waals surface area contributed by atoms with Crippen LogP contribution in [0.4, 0.5) is 0 Å². The summed E-state index contributed by atoms with van der Waals surface area (Å²) in [6.45, 7) is 1.89. The maximum Gasteiger partial charge on any atom is 0.325 e. The molecule has 3 unspecified atom stereocenters. The molecule has 1 aliphatic carbocycles. The highest BCUT2D eigenvalue weighted by Crippen LogP contribution is 2.37. The van der Waals surface area contributed by atoms with Gasteiger partial charge in [-0.3, -0.25) is 9.69 Å². The second-order valence-corrected chi connectivity index (χ2v) is 6.00. The van der Waals surface area contributed by atoms with Gasteiger partial charge in [-0.2, -0.15) is 0 Å². The summed E-state index contributed by atoms with van der Waals surface area (Å²) in [5, 5.41) is 9.60. The average Bonchev–Trinajstić information content (AvgIpc) is 2.39. The number of carbonyl (C=O) groups is 1. The number of carboxylic acids is 1. The molecular weight excluding hydrogens is 238 g/mol. The Hall–Kier alpha value is -1.35. The van der Waals surface area contributed by atoms with E-state index >= 15 is 0 Å². The summed E-state index contributed by atoms with van der Waals surface area (Å²) >= 11 is 0. The molecule has 0 radical (unpaired) electrons. The summed E-state index contributed by atoms with van der Waals surface area (Å²) in [6, 6.07) is 9.19. The van der Waals surface area contributed by atoms with Crippen LogP contribution in [0.5, 0.6) is 0 Å². The van der Waals surface area contributed by atoms with Crippen molar-refractivity contribution in [2.24, 2.45) is 11.8 Å². The molecule has 0 amide bonds. The Morgan fingerprint density at radius 3 is 2.37 bits per heavy atom.